The van der Waals surface area contributed by atoms with E-state index in [0.29, 0.717) is 0 Å². The van der Waals surface area contributed by atoms with E-state index < -0.39 is 0 Å². The van der Waals surface area contributed by atoms with E-state index >= 15 is 0 Å². The van der Waals surface area contributed by atoms with Crippen LogP contribution in [0.1, 0.15) is 18.1 Å². The fourth-order valence-electron chi connectivity index (χ4n) is 2.23. The lowest BCUT2D eigenvalue weighted by molar-refractivity contribution is 0.573. The fraction of sp³-hybridized carbons (Fsp3) is 0.143. The molecule has 1 aliphatic heterocycles. The van der Waals surface area contributed by atoms with Gasteiger partial charge in [-0.2, -0.15) is 0 Å². The second-order valence-corrected chi connectivity index (χ2v) is 5.38. The average molecular weight is 227 g/mol. The van der Waals surface area contributed by atoms with Crippen molar-refractivity contribution in [2.45, 2.75) is 22.3 Å². The second-order valence-electron chi connectivity index (χ2n) is 4.30. The minimum atomic E-state index is -0.377. The summed E-state index contributed by atoms with van der Waals surface area (Å²) in [5.41, 5.74) is 8.55. The molecule has 3 rings (SSSR count). The average Bonchev–Trinajstić information content (AvgIpc) is 2.29. The topological polar surface area (TPSA) is 26.0 Å². The van der Waals surface area contributed by atoms with Gasteiger partial charge < -0.3 is 5.73 Å². The molecule has 0 atom stereocenters. The molecule has 0 aromatic heterocycles. The molecular formula is C14H13NS. The molecule has 0 saturated heterocycles. The fourth-order valence-corrected chi connectivity index (χ4v) is 3.54. The lowest BCUT2D eigenvalue weighted by Crippen LogP contribution is -2.36. The number of fused-ring (bicyclic) bond motifs is 2. The van der Waals surface area contributed by atoms with Gasteiger partial charge in [-0.05, 0) is 30.2 Å². The number of nitrogens with two attached hydrogens (primary N) is 1. The SMILES string of the molecule is CC1(N)c2ccccc2Sc2ccccc21. The second kappa shape index (κ2) is 3.37. The van der Waals surface area contributed by atoms with Crippen molar-refractivity contribution in [2.24, 2.45) is 5.73 Å². The van der Waals surface area contributed by atoms with Crippen LogP contribution >= 0.6 is 11.8 Å². The van der Waals surface area contributed by atoms with Gasteiger partial charge in [0.05, 0.1) is 5.54 Å². The number of hydrogen-bond acceptors (Lipinski definition) is 2. The normalized spacial score (nSPS) is 16.4. The zero-order chi connectivity index (χ0) is 11.2. The van der Waals surface area contributed by atoms with Gasteiger partial charge in [0.25, 0.3) is 0 Å². The molecule has 0 unspecified atom stereocenters. The van der Waals surface area contributed by atoms with Gasteiger partial charge in [-0.25, -0.2) is 0 Å². The number of hydrogen-bond donors (Lipinski definition) is 1. The van der Waals surface area contributed by atoms with Crippen molar-refractivity contribution in [3.8, 4) is 0 Å². The Morgan fingerprint density at radius 2 is 1.31 bits per heavy atom. The summed E-state index contributed by atoms with van der Waals surface area (Å²) in [7, 11) is 0. The maximum atomic E-state index is 6.49. The first-order valence-electron chi connectivity index (χ1n) is 5.35. The Kier molecular flexibility index (Phi) is 2.09. The predicted molar refractivity (Wildman–Crippen MR) is 67.6 cm³/mol. The summed E-state index contributed by atoms with van der Waals surface area (Å²) < 4.78 is 0. The Balaban J connectivity index is 2.28. The molecule has 2 heteroatoms. The molecule has 0 amide bonds. The van der Waals surface area contributed by atoms with Gasteiger partial charge in [-0.15, -0.1) is 0 Å². The standard InChI is InChI=1S/C14H13NS/c1-14(15)10-6-2-4-8-12(10)16-13-9-5-3-7-11(13)14/h2-9H,15H2,1H3. The molecule has 0 spiro atoms. The molecule has 0 fully saturated rings. The highest BCUT2D eigenvalue weighted by atomic mass is 32.2. The van der Waals surface area contributed by atoms with E-state index in [0.717, 1.165) is 0 Å². The zero-order valence-electron chi connectivity index (χ0n) is 9.10. The van der Waals surface area contributed by atoms with Crippen molar-refractivity contribution in [3.63, 3.8) is 0 Å². The van der Waals surface area contributed by atoms with Crippen LogP contribution in [0.15, 0.2) is 58.3 Å². The smallest absolute Gasteiger partial charge is 0.0659 e. The maximum absolute atomic E-state index is 6.49. The van der Waals surface area contributed by atoms with Crippen LogP contribution in [0.2, 0.25) is 0 Å². The van der Waals surface area contributed by atoms with E-state index in [1.807, 2.05) is 0 Å². The van der Waals surface area contributed by atoms with Crippen LogP contribution in [0.5, 0.6) is 0 Å². The highest BCUT2D eigenvalue weighted by molar-refractivity contribution is 7.99. The van der Waals surface area contributed by atoms with E-state index in [4.69, 9.17) is 5.73 Å². The molecule has 1 nitrogen and oxygen atoms in total. The van der Waals surface area contributed by atoms with Crippen molar-refractivity contribution < 1.29 is 0 Å². The molecule has 0 aliphatic carbocycles. The summed E-state index contributed by atoms with van der Waals surface area (Å²) >= 11 is 1.80. The van der Waals surface area contributed by atoms with Crippen molar-refractivity contribution in [2.75, 3.05) is 0 Å². The molecule has 80 valence electrons. The summed E-state index contributed by atoms with van der Waals surface area (Å²) in [5, 5.41) is 0. The van der Waals surface area contributed by atoms with Crippen molar-refractivity contribution in [1.29, 1.82) is 0 Å². The summed E-state index contributed by atoms with van der Waals surface area (Å²) in [6.45, 7) is 2.09. The third kappa shape index (κ3) is 1.30. The summed E-state index contributed by atoms with van der Waals surface area (Å²) in [5.74, 6) is 0. The van der Waals surface area contributed by atoms with E-state index in [1.54, 1.807) is 11.8 Å². The molecule has 1 aliphatic rings. The van der Waals surface area contributed by atoms with Gasteiger partial charge in [0, 0.05) is 9.79 Å². The lowest BCUT2D eigenvalue weighted by atomic mass is 9.85. The lowest BCUT2D eigenvalue weighted by Gasteiger charge is -2.34. The van der Waals surface area contributed by atoms with E-state index in [-0.39, 0.29) is 5.54 Å². The van der Waals surface area contributed by atoms with E-state index in [9.17, 15) is 0 Å². The van der Waals surface area contributed by atoms with Gasteiger partial charge in [-0.3, -0.25) is 0 Å². The highest BCUT2D eigenvalue weighted by Crippen LogP contribution is 2.46. The molecule has 0 radical (unpaired) electrons. The summed E-state index contributed by atoms with van der Waals surface area (Å²) in [6, 6.07) is 16.8. The minimum Gasteiger partial charge on any atom is -0.318 e. The molecule has 0 bridgehead atoms. The first-order valence-corrected chi connectivity index (χ1v) is 6.17. The Bertz CT molecular complexity index is 498. The monoisotopic (exact) mass is 227 g/mol. The van der Waals surface area contributed by atoms with E-state index in [2.05, 4.69) is 55.5 Å². The maximum Gasteiger partial charge on any atom is 0.0659 e. The summed E-state index contributed by atoms with van der Waals surface area (Å²) in [4.78, 5) is 2.54. The molecule has 2 aromatic carbocycles. The van der Waals surface area contributed by atoms with Crippen LogP contribution in [-0.4, -0.2) is 0 Å². The van der Waals surface area contributed by atoms with Crippen molar-refractivity contribution in [3.05, 3.63) is 59.7 Å². The third-order valence-corrected chi connectivity index (χ3v) is 4.26. The van der Waals surface area contributed by atoms with Gasteiger partial charge in [-0.1, -0.05) is 48.2 Å². The van der Waals surface area contributed by atoms with Crippen molar-refractivity contribution >= 4 is 11.8 Å². The quantitative estimate of drug-likeness (QED) is 0.746. The van der Waals surface area contributed by atoms with Gasteiger partial charge >= 0.3 is 0 Å². The Morgan fingerprint density at radius 1 is 0.875 bits per heavy atom. The van der Waals surface area contributed by atoms with Crippen LogP contribution in [0.4, 0.5) is 0 Å². The molecular weight excluding hydrogens is 214 g/mol. The van der Waals surface area contributed by atoms with Crippen molar-refractivity contribution in [1.82, 2.24) is 0 Å². The first-order chi connectivity index (χ1) is 7.69. The van der Waals surface area contributed by atoms with Crippen LogP contribution in [-0.2, 0) is 5.54 Å². The predicted octanol–water partition coefficient (Wildman–Crippen LogP) is 3.37. The van der Waals surface area contributed by atoms with Crippen LogP contribution in [0.25, 0.3) is 0 Å². The largest absolute Gasteiger partial charge is 0.318 e. The first kappa shape index (κ1) is 9.94. The molecule has 1 heterocycles. The number of rotatable bonds is 0. The van der Waals surface area contributed by atoms with E-state index in [1.165, 1.54) is 20.9 Å². The molecule has 2 N–H and O–H groups in total. The van der Waals surface area contributed by atoms with Crippen LogP contribution in [0.3, 0.4) is 0 Å². The van der Waals surface area contributed by atoms with Gasteiger partial charge in [0.1, 0.15) is 0 Å². The Labute approximate surface area is 99.7 Å². The summed E-state index contributed by atoms with van der Waals surface area (Å²) in [6.07, 6.45) is 0. The zero-order valence-corrected chi connectivity index (χ0v) is 9.92. The van der Waals surface area contributed by atoms with Gasteiger partial charge in [0.15, 0.2) is 0 Å². The van der Waals surface area contributed by atoms with Crippen LogP contribution < -0.4 is 5.73 Å². The van der Waals surface area contributed by atoms with Crippen LogP contribution in [0, 0.1) is 0 Å². The Morgan fingerprint density at radius 3 is 1.81 bits per heavy atom. The highest BCUT2D eigenvalue weighted by Gasteiger charge is 2.32. The minimum absolute atomic E-state index is 0.377. The number of benzene rings is 2. The Hall–Kier alpha value is -1.25. The molecule has 0 saturated carbocycles. The molecule has 2 aromatic rings. The molecule has 16 heavy (non-hydrogen) atoms. The van der Waals surface area contributed by atoms with Gasteiger partial charge in [0.2, 0.25) is 0 Å². The third-order valence-electron chi connectivity index (χ3n) is 3.11.